The molecule has 0 spiro atoms. The quantitative estimate of drug-likeness (QED) is 0.537. The number of aromatic nitrogens is 4. The van der Waals surface area contributed by atoms with Gasteiger partial charge in [-0.15, -0.1) is 0 Å². The van der Waals surface area contributed by atoms with E-state index in [-0.39, 0.29) is 0 Å². The molecule has 0 unspecified atom stereocenters. The Labute approximate surface area is 190 Å². The van der Waals surface area contributed by atoms with Gasteiger partial charge in [0.2, 0.25) is 0 Å². The van der Waals surface area contributed by atoms with E-state index in [0.717, 1.165) is 66.9 Å². The maximum atomic E-state index is 6.03. The van der Waals surface area contributed by atoms with Crippen LogP contribution in [0.1, 0.15) is 44.4 Å². The Hall–Kier alpha value is -3.12. The lowest BCUT2D eigenvalue weighted by Gasteiger charge is -2.22. The monoisotopic (exact) mass is 431 g/mol. The number of benzene rings is 1. The number of hydrogen-bond donors (Lipinski definition) is 1. The first-order chi connectivity index (χ1) is 15.6. The molecule has 168 valence electrons. The molecule has 6 nitrogen and oxygen atoms in total. The van der Waals surface area contributed by atoms with E-state index in [1.54, 1.807) is 13.3 Å². The fraction of sp³-hybridized carbons (Fsp3) is 0.385. The summed E-state index contributed by atoms with van der Waals surface area (Å²) >= 11 is 0. The number of aryl methyl sites for hydroxylation is 3. The number of hydrogen-bond acceptors (Lipinski definition) is 4. The molecule has 1 aliphatic rings. The summed E-state index contributed by atoms with van der Waals surface area (Å²) in [4.78, 5) is 0. The molecule has 0 saturated heterocycles. The Bertz CT molecular complexity index is 1150. The number of allylic oxidation sites excluding steroid dienone is 3. The van der Waals surface area contributed by atoms with E-state index in [2.05, 4.69) is 49.4 Å². The second-order valence-electron chi connectivity index (χ2n) is 8.41. The molecule has 0 fully saturated rings. The summed E-state index contributed by atoms with van der Waals surface area (Å²) in [5.74, 6) is 0. The first-order valence-corrected chi connectivity index (χ1v) is 11.4. The van der Waals surface area contributed by atoms with Gasteiger partial charge in [0.25, 0.3) is 0 Å². The van der Waals surface area contributed by atoms with Crippen LogP contribution in [0.2, 0.25) is 0 Å². The summed E-state index contributed by atoms with van der Waals surface area (Å²) in [6, 6.07) is 8.72. The van der Waals surface area contributed by atoms with Gasteiger partial charge >= 0.3 is 0 Å². The predicted octanol–water partition coefficient (Wildman–Crippen LogP) is 4.96. The van der Waals surface area contributed by atoms with Crippen molar-refractivity contribution in [2.75, 3.05) is 13.7 Å². The molecule has 4 rings (SSSR count). The number of nitrogens with two attached hydrogens (primary N) is 1. The summed E-state index contributed by atoms with van der Waals surface area (Å²) in [5, 5.41) is 9.36. The highest BCUT2D eigenvalue weighted by Crippen LogP contribution is 2.42. The van der Waals surface area contributed by atoms with Crippen LogP contribution in [0.25, 0.3) is 28.0 Å². The van der Waals surface area contributed by atoms with Crippen molar-refractivity contribution in [3.8, 4) is 22.4 Å². The molecule has 3 aromatic rings. The molecule has 0 bridgehead atoms. The molecule has 0 atom stereocenters. The Kier molecular flexibility index (Phi) is 6.61. The molecule has 6 heteroatoms. The first-order valence-electron chi connectivity index (χ1n) is 11.4. The number of fused-ring (bicyclic) bond motifs is 1. The smallest absolute Gasteiger partial charge is 0.0760 e. The van der Waals surface area contributed by atoms with Crippen molar-refractivity contribution >= 4 is 5.57 Å². The largest absolute Gasteiger partial charge is 0.404 e. The van der Waals surface area contributed by atoms with Gasteiger partial charge in [-0.05, 0) is 55.5 Å². The number of methoxy groups -OCH3 is 1. The Morgan fingerprint density at radius 1 is 1.16 bits per heavy atom. The molecule has 0 amide bonds. The Morgan fingerprint density at radius 2 is 1.91 bits per heavy atom. The second kappa shape index (κ2) is 9.57. The summed E-state index contributed by atoms with van der Waals surface area (Å²) < 4.78 is 9.13. The fourth-order valence-corrected chi connectivity index (χ4v) is 4.54. The zero-order valence-corrected chi connectivity index (χ0v) is 19.6. The zero-order chi connectivity index (χ0) is 22.7. The lowest BCUT2D eigenvalue weighted by molar-refractivity contribution is 0.189. The molecule has 2 heterocycles. The number of ether oxygens (including phenoxy) is 1. The summed E-state index contributed by atoms with van der Waals surface area (Å²) in [6.45, 7) is 6.01. The van der Waals surface area contributed by atoms with Crippen molar-refractivity contribution in [3.05, 3.63) is 65.3 Å². The normalized spacial score (nSPS) is 16.4. The van der Waals surface area contributed by atoms with E-state index in [9.17, 15) is 0 Å². The predicted molar refractivity (Wildman–Crippen MR) is 130 cm³/mol. The van der Waals surface area contributed by atoms with Gasteiger partial charge in [-0.2, -0.15) is 10.2 Å². The van der Waals surface area contributed by atoms with Crippen molar-refractivity contribution in [3.63, 3.8) is 0 Å². The topological polar surface area (TPSA) is 70.9 Å². The summed E-state index contributed by atoms with van der Waals surface area (Å²) in [5.41, 5.74) is 16.9. The van der Waals surface area contributed by atoms with E-state index < -0.39 is 0 Å². The van der Waals surface area contributed by atoms with Crippen molar-refractivity contribution < 1.29 is 4.74 Å². The minimum Gasteiger partial charge on any atom is -0.404 e. The molecule has 0 radical (unpaired) electrons. The van der Waals surface area contributed by atoms with Crippen LogP contribution in [0.15, 0.2) is 54.0 Å². The van der Waals surface area contributed by atoms with E-state index in [1.807, 2.05) is 22.6 Å². The molecule has 1 aliphatic carbocycles. The SMILES string of the molecule is CC/C(C)=C1/C(=C\N)CCc2nn(C)c(-c3ccc(-c4cnn(CCCOC)c4)cc3)c21. The molecule has 2 aromatic heterocycles. The Balaban J connectivity index is 1.69. The molecule has 0 saturated carbocycles. The average molecular weight is 432 g/mol. The van der Waals surface area contributed by atoms with Gasteiger partial charge in [0.1, 0.15) is 0 Å². The fourth-order valence-electron chi connectivity index (χ4n) is 4.54. The molecule has 32 heavy (non-hydrogen) atoms. The van der Waals surface area contributed by atoms with Gasteiger partial charge in [0.05, 0.1) is 17.6 Å². The van der Waals surface area contributed by atoms with Crippen LogP contribution < -0.4 is 5.73 Å². The second-order valence-corrected chi connectivity index (χ2v) is 8.41. The number of rotatable bonds is 7. The highest BCUT2D eigenvalue weighted by molar-refractivity contribution is 5.91. The molecular formula is C26H33N5O. The van der Waals surface area contributed by atoms with E-state index in [4.69, 9.17) is 15.6 Å². The zero-order valence-electron chi connectivity index (χ0n) is 19.6. The van der Waals surface area contributed by atoms with Gasteiger partial charge in [0, 0.05) is 50.2 Å². The van der Waals surface area contributed by atoms with Crippen molar-refractivity contribution in [2.24, 2.45) is 12.8 Å². The average Bonchev–Trinajstić information content (AvgIpc) is 3.42. The summed E-state index contributed by atoms with van der Waals surface area (Å²) in [6.07, 6.45) is 9.62. The highest BCUT2D eigenvalue weighted by atomic mass is 16.5. The van der Waals surface area contributed by atoms with Crippen LogP contribution in [0.3, 0.4) is 0 Å². The molecule has 0 aliphatic heterocycles. The van der Waals surface area contributed by atoms with Crippen LogP contribution in [-0.4, -0.2) is 33.3 Å². The lowest BCUT2D eigenvalue weighted by atomic mass is 9.82. The lowest BCUT2D eigenvalue weighted by Crippen LogP contribution is -2.08. The van der Waals surface area contributed by atoms with Crippen molar-refractivity contribution in [2.45, 2.75) is 46.1 Å². The molecule has 2 N–H and O–H groups in total. The molecule has 1 aromatic carbocycles. The van der Waals surface area contributed by atoms with Crippen molar-refractivity contribution in [1.29, 1.82) is 0 Å². The highest BCUT2D eigenvalue weighted by Gasteiger charge is 2.28. The van der Waals surface area contributed by atoms with Gasteiger partial charge in [-0.1, -0.05) is 36.8 Å². The van der Waals surface area contributed by atoms with Crippen LogP contribution >= 0.6 is 0 Å². The van der Waals surface area contributed by atoms with Gasteiger partial charge < -0.3 is 10.5 Å². The number of nitrogens with zero attached hydrogens (tertiary/aromatic N) is 4. The maximum absolute atomic E-state index is 6.03. The summed E-state index contributed by atoms with van der Waals surface area (Å²) in [7, 11) is 3.77. The van der Waals surface area contributed by atoms with Gasteiger partial charge in [-0.25, -0.2) is 0 Å². The maximum Gasteiger partial charge on any atom is 0.0760 e. The minimum absolute atomic E-state index is 0.744. The van der Waals surface area contributed by atoms with Crippen molar-refractivity contribution in [1.82, 2.24) is 19.6 Å². The van der Waals surface area contributed by atoms with E-state index >= 15 is 0 Å². The van der Waals surface area contributed by atoms with Crippen LogP contribution in [0, 0.1) is 0 Å². The van der Waals surface area contributed by atoms with Gasteiger partial charge in [0.15, 0.2) is 0 Å². The Morgan fingerprint density at radius 3 is 2.59 bits per heavy atom. The van der Waals surface area contributed by atoms with Crippen LogP contribution in [-0.2, 0) is 24.8 Å². The minimum atomic E-state index is 0.744. The standard InChI is InChI=1S/C26H33N5O/c1-5-18(2)24-21(15-27)11-12-23-25(24)26(30(3)29-23)20-9-7-19(8-10-20)22-16-28-31(17-22)13-6-14-32-4/h7-10,15-17H,5-6,11-14,27H2,1-4H3/b21-15-,24-18-. The third kappa shape index (κ3) is 4.15. The third-order valence-electron chi connectivity index (χ3n) is 6.34. The first kappa shape index (κ1) is 22.1. The van der Waals surface area contributed by atoms with Crippen LogP contribution in [0.4, 0.5) is 0 Å². The van der Waals surface area contributed by atoms with E-state index in [1.165, 1.54) is 22.3 Å². The molecular weight excluding hydrogens is 398 g/mol. The van der Waals surface area contributed by atoms with E-state index in [0.29, 0.717) is 0 Å². The van der Waals surface area contributed by atoms with Gasteiger partial charge in [-0.3, -0.25) is 9.36 Å². The third-order valence-corrected chi connectivity index (χ3v) is 6.34. The van der Waals surface area contributed by atoms with Crippen LogP contribution in [0.5, 0.6) is 0 Å².